The van der Waals surface area contributed by atoms with Gasteiger partial charge in [-0.05, 0) is 26.2 Å². The number of nitrogens with zero attached hydrogens (tertiary/aromatic N) is 1. The minimum absolute atomic E-state index is 0.620. The summed E-state index contributed by atoms with van der Waals surface area (Å²) >= 11 is 0. The van der Waals surface area contributed by atoms with E-state index in [4.69, 9.17) is 0 Å². The molecule has 0 fully saturated rings. The Labute approximate surface area is 234 Å². The lowest BCUT2D eigenvalue weighted by molar-refractivity contribution is -0.727. The summed E-state index contributed by atoms with van der Waals surface area (Å²) in [5.41, 5.74) is 0. The minimum atomic E-state index is 0.620. The predicted octanol–water partition coefficient (Wildman–Crippen LogP) is 12.1. The molecule has 0 saturated heterocycles. The number of hydrogen-bond donors (Lipinski definition) is 1. The van der Waals surface area contributed by atoms with Gasteiger partial charge in [0.15, 0.2) is 0 Å². The molecule has 2 atom stereocenters. The van der Waals surface area contributed by atoms with Crippen LogP contribution in [-0.4, -0.2) is 4.98 Å². The summed E-state index contributed by atoms with van der Waals surface area (Å²) in [5.74, 6) is 2.09. The number of nitrogens with one attached hydrogen (secondary N) is 1. The van der Waals surface area contributed by atoms with Gasteiger partial charge in [0.25, 0.3) is 5.82 Å². The summed E-state index contributed by atoms with van der Waals surface area (Å²) < 4.78 is 2.54. The standard InChI is InChI=1S/C35H68N2/c1-5-7-9-11-13-14-15-16-17-18-19-20-21-22-24-25-27-29-33(3)35-36-31-32-37(35)34(4)30-28-26-23-12-10-8-6-2/h31-34H,5-30H2,1-4H3/p+1. The first kappa shape index (κ1) is 34.2. The van der Waals surface area contributed by atoms with Crippen molar-refractivity contribution in [3.63, 3.8) is 0 Å². The second-order valence-electron chi connectivity index (χ2n) is 12.4. The molecule has 1 heterocycles. The average Bonchev–Trinajstić information content (AvgIpc) is 3.40. The van der Waals surface area contributed by atoms with Gasteiger partial charge >= 0.3 is 0 Å². The molecule has 37 heavy (non-hydrogen) atoms. The Kier molecular flexibility index (Phi) is 23.6. The number of unbranched alkanes of at least 4 members (excludes halogenated alkanes) is 22. The Morgan fingerprint density at radius 2 is 0.865 bits per heavy atom. The van der Waals surface area contributed by atoms with Crippen molar-refractivity contribution in [3.05, 3.63) is 18.2 Å². The first-order chi connectivity index (χ1) is 18.2. The molecule has 0 saturated carbocycles. The van der Waals surface area contributed by atoms with E-state index in [2.05, 4.69) is 49.6 Å². The molecule has 0 aliphatic carbocycles. The molecular weight excluding hydrogens is 448 g/mol. The van der Waals surface area contributed by atoms with Gasteiger partial charge in [-0.15, -0.1) is 0 Å². The van der Waals surface area contributed by atoms with Gasteiger partial charge < -0.3 is 0 Å². The van der Waals surface area contributed by atoms with Crippen molar-refractivity contribution < 1.29 is 4.57 Å². The van der Waals surface area contributed by atoms with Gasteiger partial charge in [0, 0.05) is 0 Å². The fourth-order valence-electron chi connectivity index (χ4n) is 5.99. The second kappa shape index (κ2) is 25.5. The Morgan fingerprint density at radius 3 is 1.27 bits per heavy atom. The maximum atomic E-state index is 3.58. The van der Waals surface area contributed by atoms with Crippen molar-refractivity contribution in [1.29, 1.82) is 0 Å². The number of hydrogen-bond acceptors (Lipinski definition) is 0. The number of H-pyrrole nitrogens is 1. The van der Waals surface area contributed by atoms with E-state index in [1.807, 2.05) is 0 Å². The summed E-state index contributed by atoms with van der Waals surface area (Å²) in [6.45, 7) is 9.45. The van der Waals surface area contributed by atoms with Crippen LogP contribution < -0.4 is 4.57 Å². The Bertz CT molecular complexity index is 578. The molecule has 1 aromatic rings. The molecule has 0 radical (unpaired) electrons. The lowest BCUT2D eigenvalue weighted by Gasteiger charge is -2.14. The van der Waals surface area contributed by atoms with Crippen molar-refractivity contribution >= 4 is 0 Å². The number of aromatic amines is 1. The fourth-order valence-corrected chi connectivity index (χ4v) is 5.99. The van der Waals surface area contributed by atoms with Crippen LogP contribution in [0.5, 0.6) is 0 Å². The van der Waals surface area contributed by atoms with Crippen LogP contribution in [0.2, 0.25) is 0 Å². The van der Waals surface area contributed by atoms with Crippen LogP contribution in [0.4, 0.5) is 0 Å². The Morgan fingerprint density at radius 1 is 0.514 bits per heavy atom. The van der Waals surface area contributed by atoms with Crippen LogP contribution in [0.15, 0.2) is 12.4 Å². The first-order valence-corrected chi connectivity index (χ1v) is 17.3. The van der Waals surface area contributed by atoms with Crippen molar-refractivity contribution in [3.8, 4) is 0 Å². The van der Waals surface area contributed by atoms with E-state index in [0.717, 1.165) is 0 Å². The lowest BCUT2D eigenvalue weighted by atomic mass is 9.99. The van der Waals surface area contributed by atoms with E-state index in [-0.39, 0.29) is 0 Å². The topological polar surface area (TPSA) is 19.7 Å². The molecule has 2 nitrogen and oxygen atoms in total. The molecule has 218 valence electrons. The third-order valence-corrected chi connectivity index (χ3v) is 8.65. The summed E-state index contributed by atoms with van der Waals surface area (Å²) in [4.78, 5) is 3.58. The van der Waals surface area contributed by atoms with Crippen LogP contribution in [0.25, 0.3) is 0 Å². The van der Waals surface area contributed by atoms with E-state index < -0.39 is 0 Å². The summed E-state index contributed by atoms with van der Waals surface area (Å²) in [7, 11) is 0. The zero-order chi connectivity index (χ0) is 26.8. The van der Waals surface area contributed by atoms with Gasteiger partial charge in [-0.3, -0.25) is 0 Å². The maximum absolute atomic E-state index is 3.58. The molecule has 0 aliphatic rings. The highest BCUT2D eigenvalue weighted by atomic mass is 15.1. The summed E-state index contributed by atoms with van der Waals surface area (Å²) in [6.07, 6.45) is 41.6. The number of imidazole rings is 1. The van der Waals surface area contributed by atoms with E-state index in [1.54, 1.807) is 0 Å². The second-order valence-corrected chi connectivity index (χ2v) is 12.4. The van der Waals surface area contributed by atoms with Crippen LogP contribution in [-0.2, 0) is 0 Å². The van der Waals surface area contributed by atoms with Crippen molar-refractivity contribution in [2.45, 2.75) is 207 Å². The molecule has 1 aromatic heterocycles. The minimum Gasteiger partial charge on any atom is -0.247 e. The molecule has 1 N–H and O–H groups in total. The van der Waals surface area contributed by atoms with Crippen LogP contribution in [0, 0.1) is 0 Å². The van der Waals surface area contributed by atoms with Crippen LogP contribution in [0.1, 0.15) is 212 Å². The molecular formula is C35H69N2+. The van der Waals surface area contributed by atoms with Gasteiger partial charge in [-0.25, -0.2) is 9.55 Å². The van der Waals surface area contributed by atoms with Gasteiger partial charge in [0.1, 0.15) is 12.4 Å². The summed E-state index contributed by atoms with van der Waals surface area (Å²) in [6, 6.07) is 0.620. The Balaban J connectivity index is 1.97. The SMILES string of the molecule is CCCCCCCCCCCCCCCCCCCC(C)c1[nH]cc[n+]1C(C)CCCCCCCCC. The van der Waals surface area contributed by atoms with E-state index in [1.165, 1.54) is 173 Å². The summed E-state index contributed by atoms with van der Waals surface area (Å²) in [5, 5.41) is 0. The monoisotopic (exact) mass is 518 g/mol. The smallest absolute Gasteiger partial charge is 0.247 e. The number of aromatic nitrogens is 2. The van der Waals surface area contributed by atoms with Crippen molar-refractivity contribution in [2.75, 3.05) is 0 Å². The van der Waals surface area contributed by atoms with Gasteiger partial charge in [0.2, 0.25) is 0 Å². The van der Waals surface area contributed by atoms with Crippen molar-refractivity contribution in [1.82, 2.24) is 4.98 Å². The molecule has 0 aromatic carbocycles. The highest BCUT2D eigenvalue weighted by Gasteiger charge is 2.22. The number of rotatable bonds is 28. The highest BCUT2D eigenvalue weighted by Crippen LogP contribution is 2.21. The van der Waals surface area contributed by atoms with E-state index >= 15 is 0 Å². The van der Waals surface area contributed by atoms with E-state index in [9.17, 15) is 0 Å². The lowest BCUT2D eigenvalue weighted by Crippen LogP contribution is -2.40. The molecule has 0 bridgehead atoms. The Hall–Kier alpha value is -0.790. The molecule has 1 rings (SSSR count). The molecule has 2 heteroatoms. The predicted molar refractivity (Wildman–Crippen MR) is 166 cm³/mol. The largest absolute Gasteiger partial charge is 0.257 e. The molecule has 0 aliphatic heterocycles. The zero-order valence-electron chi connectivity index (χ0n) is 26.1. The van der Waals surface area contributed by atoms with E-state index in [0.29, 0.717) is 12.0 Å². The fraction of sp³-hybridized carbons (Fsp3) is 0.914. The third kappa shape index (κ3) is 19.0. The maximum Gasteiger partial charge on any atom is 0.257 e. The normalized spacial score (nSPS) is 13.3. The van der Waals surface area contributed by atoms with Crippen LogP contribution in [0.3, 0.4) is 0 Å². The van der Waals surface area contributed by atoms with Gasteiger partial charge in [-0.2, -0.15) is 0 Å². The zero-order valence-corrected chi connectivity index (χ0v) is 26.1. The van der Waals surface area contributed by atoms with Crippen molar-refractivity contribution in [2.24, 2.45) is 0 Å². The molecule has 0 spiro atoms. The van der Waals surface area contributed by atoms with Gasteiger partial charge in [0.05, 0.1) is 12.0 Å². The first-order valence-electron chi connectivity index (χ1n) is 17.3. The van der Waals surface area contributed by atoms with Crippen LogP contribution >= 0.6 is 0 Å². The quantitative estimate of drug-likeness (QED) is 0.0842. The molecule has 0 amide bonds. The third-order valence-electron chi connectivity index (χ3n) is 8.65. The van der Waals surface area contributed by atoms with Gasteiger partial charge in [-0.1, -0.05) is 168 Å². The highest BCUT2D eigenvalue weighted by molar-refractivity contribution is 4.87. The average molecular weight is 518 g/mol. The molecule has 2 unspecified atom stereocenters.